The fourth-order valence-electron chi connectivity index (χ4n) is 3.50. The highest BCUT2D eigenvalue weighted by Gasteiger charge is 2.28. The van der Waals surface area contributed by atoms with E-state index in [1.807, 2.05) is 36.6 Å². The minimum Gasteiger partial charge on any atom is -0.322 e. The second kappa shape index (κ2) is 8.29. The summed E-state index contributed by atoms with van der Waals surface area (Å²) in [6.07, 6.45) is 1.74. The lowest BCUT2D eigenvalue weighted by molar-refractivity contribution is 0.102. The number of hydrogen-bond acceptors (Lipinski definition) is 5. The molecule has 2 heterocycles. The molecule has 1 fully saturated rings. The van der Waals surface area contributed by atoms with Crippen LogP contribution in [0.25, 0.3) is 11.3 Å². The molecule has 0 saturated carbocycles. The molecule has 1 N–H and O–H groups in total. The molecule has 0 bridgehead atoms. The van der Waals surface area contributed by atoms with Gasteiger partial charge in [0.15, 0.2) is 0 Å². The van der Waals surface area contributed by atoms with E-state index in [-0.39, 0.29) is 10.8 Å². The third-order valence-electron chi connectivity index (χ3n) is 5.21. The number of thiazole rings is 1. The minimum atomic E-state index is -3.57. The monoisotopic (exact) mass is 441 g/mol. The predicted molar refractivity (Wildman–Crippen MR) is 119 cm³/mol. The first kappa shape index (κ1) is 20.7. The second-order valence-electron chi connectivity index (χ2n) is 7.37. The number of rotatable bonds is 5. The summed E-state index contributed by atoms with van der Waals surface area (Å²) in [5, 5.41) is 5.87. The maximum absolute atomic E-state index is 12.9. The van der Waals surface area contributed by atoms with Gasteiger partial charge >= 0.3 is 0 Å². The molecule has 3 aromatic rings. The van der Waals surface area contributed by atoms with Gasteiger partial charge in [-0.15, -0.1) is 11.3 Å². The fraction of sp³-hybridized carbons (Fsp3) is 0.273. The van der Waals surface area contributed by atoms with Gasteiger partial charge in [-0.1, -0.05) is 18.2 Å². The molecule has 156 valence electrons. The highest BCUT2D eigenvalue weighted by molar-refractivity contribution is 7.89. The Kier molecular flexibility index (Phi) is 5.73. The van der Waals surface area contributed by atoms with Crippen LogP contribution in [0.5, 0.6) is 0 Å². The molecule has 1 amide bonds. The molecule has 30 heavy (non-hydrogen) atoms. The summed E-state index contributed by atoms with van der Waals surface area (Å²) in [6, 6.07) is 12.2. The van der Waals surface area contributed by atoms with Crippen LogP contribution in [-0.2, 0) is 10.0 Å². The van der Waals surface area contributed by atoms with Crippen LogP contribution < -0.4 is 5.32 Å². The smallest absolute Gasteiger partial charge is 0.255 e. The van der Waals surface area contributed by atoms with E-state index in [0.717, 1.165) is 34.7 Å². The zero-order chi connectivity index (χ0) is 21.3. The van der Waals surface area contributed by atoms with Crippen LogP contribution in [0.15, 0.2) is 52.7 Å². The number of hydrogen-bond donors (Lipinski definition) is 1. The van der Waals surface area contributed by atoms with Crippen LogP contribution in [-0.4, -0.2) is 36.7 Å². The number of amides is 1. The molecule has 0 spiro atoms. The van der Waals surface area contributed by atoms with Gasteiger partial charge < -0.3 is 5.32 Å². The first-order chi connectivity index (χ1) is 14.3. The third-order valence-corrected chi connectivity index (χ3v) is 7.88. The van der Waals surface area contributed by atoms with Crippen LogP contribution in [0.2, 0.25) is 0 Å². The van der Waals surface area contributed by atoms with Gasteiger partial charge in [0.25, 0.3) is 5.91 Å². The van der Waals surface area contributed by atoms with Crippen molar-refractivity contribution in [1.82, 2.24) is 9.29 Å². The van der Waals surface area contributed by atoms with Crippen molar-refractivity contribution in [3.05, 3.63) is 64.0 Å². The molecule has 0 atom stereocenters. The van der Waals surface area contributed by atoms with E-state index >= 15 is 0 Å². The summed E-state index contributed by atoms with van der Waals surface area (Å²) < 4.78 is 27.2. The maximum atomic E-state index is 12.9. The highest BCUT2D eigenvalue weighted by atomic mass is 32.2. The lowest BCUT2D eigenvalue weighted by Gasteiger charge is -2.17. The first-order valence-electron chi connectivity index (χ1n) is 9.79. The SMILES string of the molecule is Cc1nc(-c2ccc(NC(=O)c3cc(S(=O)(=O)N4CCCC4)ccc3C)cc2)cs1. The van der Waals surface area contributed by atoms with Crippen LogP contribution in [0, 0.1) is 13.8 Å². The van der Waals surface area contributed by atoms with Crippen LogP contribution in [0.1, 0.15) is 33.8 Å². The number of benzene rings is 2. The minimum absolute atomic E-state index is 0.161. The van der Waals surface area contributed by atoms with Crippen LogP contribution in [0.4, 0.5) is 5.69 Å². The Morgan fingerprint density at radius 3 is 2.40 bits per heavy atom. The number of nitrogens with zero attached hydrogens (tertiary/aromatic N) is 2. The number of sulfonamides is 1. The van der Waals surface area contributed by atoms with Crippen molar-refractivity contribution in [2.75, 3.05) is 18.4 Å². The number of nitrogens with one attached hydrogen (secondary N) is 1. The van der Waals surface area contributed by atoms with Crippen molar-refractivity contribution in [1.29, 1.82) is 0 Å². The van der Waals surface area contributed by atoms with Crippen molar-refractivity contribution in [3.63, 3.8) is 0 Å². The maximum Gasteiger partial charge on any atom is 0.255 e. The molecule has 8 heteroatoms. The van der Waals surface area contributed by atoms with Crippen molar-refractivity contribution >= 4 is 33.0 Å². The number of anilines is 1. The fourth-order valence-corrected chi connectivity index (χ4v) is 5.67. The Morgan fingerprint density at radius 2 is 1.77 bits per heavy atom. The summed E-state index contributed by atoms with van der Waals surface area (Å²) in [5.41, 5.74) is 3.61. The molecule has 1 aliphatic rings. The zero-order valence-corrected chi connectivity index (χ0v) is 18.5. The van der Waals surface area contributed by atoms with Gasteiger partial charge in [0.1, 0.15) is 0 Å². The van der Waals surface area contributed by atoms with E-state index in [4.69, 9.17) is 0 Å². The van der Waals surface area contributed by atoms with E-state index in [2.05, 4.69) is 10.3 Å². The molecule has 0 aliphatic carbocycles. The third kappa shape index (κ3) is 4.16. The molecule has 6 nitrogen and oxygen atoms in total. The summed E-state index contributed by atoms with van der Waals surface area (Å²) in [4.78, 5) is 17.5. The van der Waals surface area contributed by atoms with E-state index in [1.165, 1.54) is 10.4 Å². The first-order valence-corrected chi connectivity index (χ1v) is 12.1. The lowest BCUT2D eigenvalue weighted by Crippen LogP contribution is -2.28. The van der Waals surface area contributed by atoms with Gasteiger partial charge in [0.05, 0.1) is 15.6 Å². The average molecular weight is 442 g/mol. The Hall–Kier alpha value is -2.55. The quantitative estimate of drug-likeness (QED) is 0.634. The van der Waals surface area contributed by atoms with Gasteiger partial charge in [-0.3, -0.25) is 4.79 Å². The van der Waals surface area contributed by atoms with Gasteiger partial charge in [-0.05, 0) is 56.5 Å². The van der Waals surface area contributed by atoms with Crippen LogP contribution in [0.3, 0.4) is 0 Å². The van der Waals surface area contributed by atoms with Crippen molar-refractivity contribution < 1.29 is 13.2 Å². The molecular weight excluding hydrogens is 418 g/mol. The molecule has 2 aromatic carbocycles. The normalized spacial score (nSPS) is 14.7. The number of aromatic nitrogens is 1. The number of carbonyl (C=O) groups excluding carboxylic acids is 1. The Bertz CT molecular complexity index is 1180. The molecule has 0 unspecified atom stereocenters. The second-order valence-corrected chi connectivity index (χ2v) is 10.4. The Balaban J connectivity index is 1.54. The Morgan fingerprint density at radius 1 is 1.07 bits per heavy atom. The van der Waals surface area contributed by atoms with Crippen LogP contribution >= 0.6 is 11.3 Å². The van der Waals surface area contributed by atoms with Crippen molar-refractivity contribution in [2.24, 2.45) is 0 Å². The van der Waals surface area contributed by atoms with E-state index in [9.17, 15) is 13.2 Å². The van der Waals surface area contributed by atoms with Gasteiger partial charge in [0, 0.05) is 35.3 Å². The van der Waals surface area contributed by atoms with E-state index in [1.54, 1.807) is 30.4 Å². The highest BCUT2D eigenvalue weighted by Crippen LogP contribution is 2.25. The lowest BCUT2D eigenvalue weighted by atomic mass is 10.1. The summed E-state index contributed by atoms with van der Waals surface area (Å²) in [5.74, 6) is -0.330. The molecule has 1 aromatic heterocycles. The standard InChI is InChI=1S/C22H23N3O3S2/c1-15-5-10-19(30(27,28)25-11-3-4-12-25)13-20(15)22(26)24-18-8-6-17(7-9-18)21-14-29-16(2)23-21/h5-10,13-14H,3-4,11-12H2,1-2H3,(H,24,26). The molecule has 1 saturated heterocycles. The van der Waals surface area contributed by atoms with E-state index < -0.39 is 10.0 Å². The van der Waals surface area contributed by atoms with Gasteiger partial charge in [-0.2, -0.15) is 4.31 Å². The molecule has 4 rings (SSSR count). The molecule has 1 aliphatic heterocycles. The van der Waals surface area contributed by atoms with Gasteiger partial charge in [-0.25, -0.2) is 13.4 Å². The summed E-state index contributed by atoms with van der Waals surface area (Å²) in [6.45, 7) is 4.82. The number of carbonyl (C=O) groups is 1. The largest absolute Gasteiger partial charge is 0.322 e. The summed E-state index contributed by atoms with van der Waals surface area (Å²) in [7, 11) is -3.57. The predicted octanol–water partition coefficient (Wildman–Crippen LogP) is 4.46. The van der Waals surface area contributed by atoms with Crippen molar-refractivity contribution in [3.8, 4) is 11.3 Å². The summed E-state index contributed by atoms with van der Waals surface area (Å²) >= 11 is 1.59. The molecule has 0 radical (unpaired) electrons. The topological polar surface area (TPSA) is 79.4 Å². The van der Waals surface area contributed by atoms with Crippen molar-refractivity contribution in [2.45, 2.75) is 31.6 Å². The zero-order valence-electron chi connectivity index (χ0n) is 16.9. The average Bonchev–Trinajstić information content (AvgIpc) is 3.41. The Labute approximate surface area is 180 Å². The van der Waals surface area contributed by atoms with E-state index in [0.29, 0.717) is 24.3 Å². The number of aryl methyl sites for hydroxylation is 2. The molecular formula is C22H23N3O3S2. The van der Waals surface area contributed by atoms with Gasteiger partial charge in [0.2, 0.25) is 10.0 Å².